The van der Waals surface area contributed by atoms with E-state index in [9.17, 15) is 4.79 Å². The summed E-state index contributed by atoms with van der Waals surface area (Å²) in [6.45, 7) is 8.76. The normalized spacial score (nSPS) is 16.2. The summed E-state index contributed by atoms with van der Waals surface area (Å²) in [6, 6.07) is 5.38. The number of anilines is 1. The quantitative estimate of drug-likeness (QED) is 0.589. The highest BCUT2D eigenvalue weighted by molar-refractivity contribution is 5.94. The molecule has 3 rings (SSSR count). The van der Waals surface area contributed by atoms with E-state index >= 15 is 0 Å². The van der Waals surface area contributed by atoms with Gasteiger partial charge in [0.25, 0.3) is 0 Å². The van der Waals surface area contributed by atoms with Crippen LogP contribution in [0, 0.1) is 0 Å². The topological polar surface area (TPSA) is 73.5 Å². The molecule has 1 saturated heterocycles. The second kappa shape index (κ2) is 8.31. The third-order valence-electron chi connectivity index (χ3n) is 4.53. The Balaban J connectivity index is 1.49. The average Bonchev–Trinajstić information content (AvgIpc) is 3.02. The molecule has 7 nitrogen and oxygen atoms in total. The molecule has 0 aliphatic carbocycles. The monoisotopic (exact) mass is 345 g/mol. The van der Waals surface area contributed by atoms with E-state index in [-0.39, 0.29) is 5.97 Å². The average molecular weight is 345 g/mol. The number of aromatic amines is 1. The predicted octanol–water partition coefficient (Wildman–Crippen LogP) is 1.79. The van der Waals surface area contributed by atoms with Crippen molar-refractivity contribution >= 4 is 23.0 Å². The lowest BCUT2D eigenvalue weighted by Gasteiger charge is -2.32. The summed E-state index contributed by atoms with van der Waals surface area (Å²) in [4.78, 5) is 24.4. The van der Waals surface area contributed by atoms with E-state index in [0.717, 1.165) is 62.7 Å². The second-order valence-corrected chi connectivity index (χ2v) is 6.46. The number of likely N-dealkylation sites (N-methyl/N-ethyl adjacent to an activating group) is 1. The van der Waals surface area contributed by atoms with Gasteiger partial charge in [0.1, 0.15) is 0 Å². The van der Waals surface area contributed by atoms with Gasteiger partial charge in [-0.1, -0.05) is 0 Å². The van der Waals surface area contributed by atoms with Crippen LogP contribution in [0.3, 0.4) is 0 Å². The fraction of sp³-hybridized carbons (Fsp3) is 0.556. The Labute approximate surface area is 148 Å². The summed E-state index contributed by atoms with van der Waals surface area (Å²) in [5.74, 6) is 0.440. The number of piperazine rings is 1. The minimum atomic E-state index is -0.305. The molecule has 2 aromatic rings. The molecule has 0 unspecified atom stereocenters. The van der Waals surface area contributed by atoms with Gasteiger partial charge < -0.3 is 24.8 Å². The Kier molecular flexibility index (Phi) is 5.88. The number of H-pyrrole nitrogens is 1. The maximum absolute atomic E-state index is 11.8. The van der Waals surface area contributed by atoms with Crippen molar-refractivity contribution in [2.75, 3.05) is 58.2 Å². The molecule has 1 aliphatic rings. The van der Waals surface area contributed by atoms with Gasteiger partial charge in [-0.15, -0.1) is 0 Å². The Morgan fingerprint density at radius 3 is 2.88 bits per heavy atom. The number of fused-ring (bicyclic) bond motifs is 1. The summed E-state index contributed by atoms with van der Waals surface area (Å²) in [5.41, 5.74) is 2.22. The van der Waals surface area contributed by atoms with Crippen LogP contribution >= 0.6 is 0 Å². The Bertz CT molecular complexity index is 707. The number of rotatable bonds is 7. The fourth-order valence-electron chi connectivity index (χ4n) is 3.02. The molecule has 2 heterocycles. The maximum atomic E-state index is 11.8. The number of hydrogen-bond donors (Lipinski definition) is 2. The number of benzene rings is 1. The first-order chi connectivity index (χ1) is 12.2. The van der Waals surface area contributed by atoms with Gasteiger partial charge in [0.05, 0.1) is 23.2 Å². The lowest BCUT2D eigenvalue weighted by atomic mass is 10.2. The van der Waals surface area contributed by atoms with Gasteiger partial charge in [0.15, 0.2) is 0 Å². The van der Waals surface area contributed by atoms with Crippen LogP contribution in [0.1, 0.15) is 23.7 Å². The van der Waals surface area contributed by atoms with Crippen molar-refractivity contribution in [1.29, 1.82) is 0 Å². The van der Waals surface area contributed by atoms with E-state index < -0.39 is 0 Å². The van der Waals surface area contributed by atoms with Crippen molar-refractivity contribution in [2.45, 2.75) is 13.3 Å². The number of esters is 1. The zero-order chi connectivity index (χ0) is 17.6. The van der Waals surface area contributed by atoms with Gasteiger partial charge in [0.2, 0.25) is 5.95 Å². The summed E-state index contributed by atoms with van der Waals surface area (Å²) in [7, 11) is 2.17. The summed E-state index contributed by atoms with van der Waals surface area (Å²) >= 11 is 0. The van der Waals surface area contributed by atoms with Gasteiger partial charge in [-0.2, -0.15) is 0 Å². The molecule has 1 aromatic carbocycles. The van der Waals surface area contributed by atoms with E-state index in [1.165, 1.54) is 0 Å². The number of hydrogen-bond acceptors (Lipinski definition) is 6. The highest BCUT2D eigenvalue weighted by atomic mass is 16.5. The third-order valence-corrected chi connectivity index (χ3v) is 4.53. The first-order valence-electron chi connectivity index (χ1n) is 8.97. The van der Waals surface area contributed by atoms with Crippen LogP contribution in [-0.4, -0.2) is 78.7 Å². The molecule has 0 atom stereocenters. The Morgan fingerprint density at radius 1 is 1.32 bits per heavy atom. The summed E-state index contributed by atoms with van der Waals surface area (Å²) in [5, 5.41) is 3.34. The summed E-state index contributed by atoms with van der Waals surface area (Å²) < 4.78 is 5.03. The van der Waals surface area contributed by atoms with Crippen LogP contribution in [0.5, 0.6) is 0 Å². The van der Waals surface area contributed by atoms with Crippen LogP contribution in [-0.2, 0) is 4.74 Å². The largest absolute Gasteiger partial charge is 0.462 e. The van der Waals surface area contributed by atoms with E-state index in [4.69, 9.17) is 4.74 Å². The van der Waals surface area contributed by atoms with E-state index in [0.29, 0.717) is 12.2 Å². The standard InChI is InChI=1S/C18H27N5O2/c1-3-25-17(24)14-5-6-15-16(13-14)21-18(20-15)19-7-4-8-23-11-9-22(2)10-12-23/h5-6,13H,3-4,7-12H2,1-2H3,(H2,19,20,21). The van der Waals surface area contributed by atoms with Gasteiger partial charge in [-0.25, -0.2) is 9.78 Å². The molecule has 0 saturated carbocycles. The molecule has 7 heteroatoms. The molecule has 0 radical (unpaired) electrons. The van der Waals surface area contributed by atoms with Crippen molar-refractivity contribution < 1.29 is 9.53 Å². The van der Waals surface area contributed by atoms with Crippen molar-refractivity contribution in [1.82, 2.24) is 19.8 Å². The van der Waals surface area contributed by atoms with Crippen LogP contribution < -0.4 is 5.32 Å². The Morgan fingerprint density at radius 2 is 2.12 bits per heavy atom. The summed E-state index contributed by atoms with van der Waals surface area (Å²) in [6.07, 6.45) is 1.08. The van der Waals surface area contributed by atoms with Crippen LogP contribution in [0.25, 0.3) is 11.0 Å². The lowest BCUT2D eigenvalue weighted by molar-refractivity contribution is 0.0526. The zero-order valence-electron chi connectivity index (χ0n) is 15.0. The number of imidazole rings is 1. The number of nitrogens with one attached hydrogen (secondary N) is 2. The molecule has 1 aromatic heterocycles. The minimum Gasteiger partial charge on any atom is -0.462 e. The van der Waals surface area contributed by atoms with Crippen molar-refractivity contribution in [3.8, 4) is 0 Å². The SMILES string of the molecule is CCOC(=O)c1ccc2nc(NCCCN3CCN(C)CC3)[nH]c2c1. The number of aromatic nitrogens is 2. The molecular weight excluding hydrogens is 318 g/mol. The third kappa shape index (κ3) is 4.70. The predicted molar refractivity (Wildman–Crippen MR) is 99.1 cm³/mol. The minimum absolute atomic E-state index is 0.305. The van der Waals surface area contributed by atoms with E-state index in [1.807, 2.05) is 6.07 Å². The zero-order valence-corrected chi connectivity index (χ0v) is 15.0. The highest BCUT2D eigenvalue weighted by Crippen LogP contribution is 2.17. The lowest BCUT2D eigenvalue weighted by Crippen LogP contribution is -2.44. The van der Waals surface area contributed by atoms with Crippen molar-refractivity contribution in [2.24, 2.45) is 0 Å². The van der Waals surface area contributed by atoms with Crippen molar-refractivity contribution in [3.05, 3.63) is 23.8 Å². The van der Waals surface area contributed by atoms with E-state index in [1.54, 1.807) is 19.1 Å². The number of ether oxygens (including phenoxy) is 1. The van der Waals surface area contributed by atoms with Crippen LogP contribution in [0.15, 0.2) is 18.2 Å². The smallest absolute Gasteiger partial charge is 0.338 e. The van der Waals surface area contributed by atoms with E-state index in [2.05, 4.69) is 32.1 Å². The number of carbonyl (C=O) groups excluding carboxylic acids is 1. The molecule has 0 bridgehead atoms. The fourth-order valence-corrected chi connectivity index (χ4v) is 3.02. The maximum Gasteiger partial charge on any atom is 0.338 e. The molecular formula is C18H27N5O2. The van der Waals surface area contributed by atoms with Gasteiger partial charge >= 0.3 is 5.97 Å². The molecule has 25 heavy (non-hydrogen) atoms. The van der Waals surface area contributed by atoms with Gasteiger partial charge in [0, 0.05) is 32.7 Å². The van der Waals surface area contributed by atoms with Crippen LogP contribution in [0.2, 0.25) is 0 Å². The second-order valence-electron chi connectivity index (χ2n) is 6.46. The number of carbonyl (C=O) groups is 1. The molecule has 1 fully saturated rings. The van der Waals surface area contributed by atoms with Crippen LogP contribution in [0.4, 0.5) is 5.95 Å². The first-order valence-corrected chi connectivity index (χ1v) is 8.97. The molecule has 0 spiro atoms. The van der Waals surface area contributed by atoms with Gasteiger partial charge in [-0.3, -0.25) is 0 Å². The molecule has 136 valence electrons. The molecule has 2 N–H and O–H groups in total. The molecule has 1 aliphatic heterocycles. The van der Waals surface area contributed by atoms with Crippen molar-refractivity contribution in [3.63, 3.8) is 0 Å². The molecule has 0 amide bonds. The highest BCUT2D eigenvalue weighted by Gasteiger charge is 2.13. The van der Waals surface area contributed by atoms with Gasteiger partial charge in [-0.05, 0) is 45.1 Å². The Hall–Kier alpha value is -2.12. The number of nitrogens with zero attached hydrogens (tertiary/aromatic N) is 3. The first kappa shape index (κ1) is 17.7.